The minimum atomic E-state index is -0.0360. The fourth-order valence-corrected chi connectivity index (χ4v) is 2.36. The van der Waals surface area contributed by atoms with Gasteiger partial charge < -0.3 is 11.1 Å². The van der Waals surface area contributed by atoms with Crippen LogP contribution in [0.5, 0.6) is 0 Å². The molecule has 1 unspecified atom stereocenters. The van der Waals surface area contributed by atoms with E-state index in [1.807, 2.05) is 19.1 Å². The lowest BCUT2D eigenvalue weighted by molar-refractivity contribution is 0.0945. The largest absolute Gasteiger partial charge is 0.398 e. The van der Waals surface area contributed by atoms with Gasteiger partial charge in [0, 0.05) is 21.8 Å². The molecule has 1 aliphatic carbocycles. The first-order valence-electron chi connectivity index (χ1n) is 5.68. The van der Waals surface area contributed by atoms with E-state index in [0.717, 1.165) is 16.5 Å². The van der Waals surface area contributed by atoms with Gasteiger partial charge in [-0.2, -0.15) is 0 Å². The van der Waals surface area contributed by atoms with Crippen molar-refractivity contribution in [2.45, 2.75) is 33.2 Å². The number of nitrogens with two attached hydrogens (primary N) is 1. The summed E-state index contributed by atoms with van der Waals surface area (Å²) < 4.78 is 0.834. The van der Waals surface area contributed by atoms with E-state index >= 15 is 0 Å². The van der Waals surface area contributed by atoms with Crippen LogP contribution in [-0.4, -0.2) is 11.9 Å². The molecule has 0 bridgehead atoms. The second-order valence-corrected chi connectivity index (χ2v) is 6.30. The van der Waals surface area contributed by atoms with Gasteiger partial charge in [0.15, 0.2) is 0 Å². The summed E-state index contributed by atoms with van der Waals surface area (Å²) in [5, 5.41) is 3.04. The predicted molar refractivity (Wildman–Crippen MR) is 72.9 cm³/mol. The number of carbonyl (C=O) groups excluding carboxylic acids is 1. The zero-order valence-electron chi connectivity index (χ0n) is 10.3. The number of amides is 1. The molecule has 1 aliphatic rings. The lowest BCUT2D eigenvalue weighted by Gasteiger charge is -2.11. The molecule has 0 spiro atoms. The van der Waals surface area contributed by atoms with Crippen LogP contribution in [0.3, 0.4) is 0 Å². The number of hydrogen-bond acceptors (Lipinski definition) is 2. The standard InChI is InChI=1S/C13H17BrN2O/c1-7-9(4-8(14)5-10(7)15)12(17)16-11-6-13(11,2)3/h4-5,11H,6,15H2,1-3H3,(H,16,17). The number of hydrogen-bond donors (Lipinski definition) is 2. The van der Waals surface area contributed by atoms with Crippen LogP contribution in [0.1, 0.15) is 36.2 Å². The summed E-state index contributed by atoms with van der Waals surface area (Å²) in [6, 6.07) is 3.92. The summed E-state index contributed by atoms with van der Waals surface area (Å²) in [6.07, 6.45) is 1.04. The highest BCUT2D eigenvalue weighted by Crippen LogP contribution is 2.44. The fourth-order valence-electron chi connectivity index (χ4n) is 1.89. The third-order valence-electron chi connectivity index (χ3n) is 3.48. The van der Waals surface area contributed by atoms with Gasteiger partial charge in [-0.25, -0.2) is 0 Å². The van der Waals surface area contributed by atoms with Gasteiger partial charge in [0.1, 0.15) is 0 Å². The van der Waals surface area contributed by atoms with Crippen molar-refractivity contribution in [3.05, 3.63) is 27.7 Å². The van der Waals surface area contributed by atoms with Crippen LogP contribution in [0.4, 0.5) is 5.69 Å². The molecular formula is C13H17BrN2O. The average molecular weight is 297 g/mol. The van der Waals surface area contributed by atoms with E-state index in [1.165, 1.54) is 0 Å². The Morgan fingerprint density at radius 1 is 1.53 bits per heavy atom. The number of halogens is 1. The van der Waals surface area contributed by atoms with Crippen molar-refractivity contribution in [1.29, 1.82) is 0 Å². The van der Waals surface area contributed by atoms with Crippen LogP contribution in [0.15, 0.2) is 16.6 Å². The number of benzene rings is 1. The fraction of sp³-hybridized carbons (Fsp3) is 0.462. The van der Waals surface area contributed by atoms with E-state index in [9.17, 15) is 4.79 Å². The van der Waals surface area contributed by atoms with Crippen LogP contribution in [-0.2, 0) is 0 Å². The minimum Gasteiger partial charge on any atom is -0.398 e. The molecule has 1 atom stereocenters. The van der Waals surface area contributed by atoms with Crippen LogP contribution < -0.4 is 11.1 Å². The van der Waals surface area contributed by atoms with Gasteiger partial charge in [-0.15, -0.1) is 0 Å². The average Bonchev–Trinajstić information content (AvgIpc) is 2.79. The molecule has 2 rings (SSSR count). The Balaban J connectivity index is 2.20. The molecule has 0 radical (unpaired) electrons. The number of anilines is 1. The Labute approximate surface area is 110 Å². The van der Waals surface area contributed by atoms with Crippen LogP contribution in [0.25, 0.3) is 0 Å². The van der Waals surface area contributed by atoms with Crippen molar-refractivity contribution in [3.8, 4) is 0 Å². The van der Waals surface area contributed by atoms with E-state index in [1.54, 1.807) is 0 Å². The van der Waals surface area contributed by atoms with Gasteiger partial charge in [-0.1, -0.05) is 29.8 Å². The van der Waals surface area contributed by atoms with Crippen molar-refractivity contribution >= 4 is 27.5 Å². The Morgan fingerprint density at radius 3 is 2.65 bits per heavy atom. The maximum atomic E-state index is 12.1. The van der Waals surface area contributed by atoms with Gasteiger partial charge in [0.25, 0.3) is 5.91 Å². The Morgan fingerprint density at radius 2 is 2.12 bits per heavy atom. The highest BCUT2D eigenvalue weighted by molar-refractivity contribution is 9.10. The lowest BCUT2D eigenvalue weighted by Crippen LogP contribution is -2.29. The van der Waals surface area contributed by atoms with Gasteiger partial charge in [0.05, 0.1) is 0 Å². The molecule has 1 aromatic carbocycles. The molecule has 3 nitrogen and oxygen atoms in total. The van der Waals surface area contributed by atoms with Crippen LogP contribution >= 0.6 is 15.9 Å². The van der Waals surface area contributed by atoms with Gasteiger partial charge >= 0.3 is 0 Å². The maximum absolute atomic E-state index is 12.1. The third-order valence-corrected chi connectivity index (χ3v) is 3.93. The normalized spacial score (nSPS) is 21.1. The number of nitrogen functional groups attached to an aromatic ring is 1. The third kappa shape index (κ3) is 2.46. The number of rotatable bonds is 2. The van der Waals surface area contributed by atoms with E-state index in [0.29, 0.717) is 11.3 Å². The molecule has 4 heteroatoms. The SMILES string of the molecule is Cc1c(N)cc(Br)cc1C(=O)NC1CC1(C)C. The van der Waals surface area contributed by atoms with Crippen molar-refractivity contribution in [1.82, 2.24) is 5.32 Å². The summed E-state index contributed by atoms with van der Waals surface area (Å²) in [5.41, 5.74) is 8.21. The van der Waals surface area contributed by atoms with Crippen LogP contribution in [0.2, 0.25) is 0 Å². The molecule has 1 amide bonds. The molecule has 0 aliphatic heterocycles. The summed E-state index contributed by atoms with van der Waals surface area (Å²) in [6.45, 7) is 6.18. The monoisotopic (exact) mass is 296 g/mol. The lowest BCUT2D eigenvalue weighted by atomic mass is 10.1. The van der Waals surface area contributed by atoms with Crippen molar-refractivity contribution < 1.29 is 4.79 Å². The first-order chi connectivity index (χ1) is 7.81. The quantitative estimate of drug-likeness (QED) is 0.825. The second-order valence-electron chi connectivity index (χ2n) is 5.39. The van der Waals surface area contributed by atoms with Crippen molar-refractivity contribution in [2.75, 3.05) is 5.73 Å². The van der Waals surface area contributed by atoms with Gasteiger partial charge in [0.2, 0.25) is 0 Å². The molecule has 1 saturated carbocycles. The van der Waals surface area contributed by atoms with E-state index in [2.05, 4.69) is 35.1 Å². The Hall–Kier alpha value is -1.03. The van der Waals surface area contributed by atoms with Gasteiger partial charge in [-0.3, -0.25) is 4.79 Å². The minimum absolute atomic E-state index is 0.0360. The summed E-state index contributed by atoms with van der Waals surface area (Å²) in [5.74, 6) is -0.0360. The molecule has 3 N–H and O–H groups in total. The Bertz CT molecular complexity index is 483. The highest BCUT2D eigenvalue weighted by Gasteiger charge is 2.46. The van der Waals surface area contributed by atoms with Crippen molar-refractivity contribution in [2.24, 2.45) is 5.41 Å². The molecule has 0 heterocycles. The van der Waals surface area contributed by atoms with E-state index in [-0.39, 0.29) is 17.4 Å². The number of carbonyl (C=O) groups is 1. The summed E-state index contributed by atoms with van der Waals surface area (Å²) >= 11 is 3.36. The molecule has 92 valence electrons. The summed E-state index contributed by atoms with van der Waals surface area (Å²) in [4.78, 5) is 12.1. The molecular weight excluding hydrogens is 280 g/mol. The first kappa shape index (κ1) is 12.4. The second kappa shape index (κ2) is 4.02. The predicted octanol–water partition coefficient (Wildman–Crippen LogP) is 2.87. The first-order valence-corrected chi connectivity index (χ1v) is 6.47. The molecule has 17 heavy (non-hydrogen) atoms. The molecule has 1 aromatic rings. The maximum Gasteiger partial charge on any atom is 0.251 e. The topological polar surface area (TPSA) is 55.1 Å². The van der Waals surface area contributed by atoms with Gasteiger partial charge in [-0.05, 0) is 36.5 Å². The highest BCUT2D eigenvalue weighted by atomic mass is 79.9. The van der Waals surface area contributed by atoms with Crippen LogP contribution in [0, 0.1) is 12.3 Å². The molecule has 0 aromatic heterocycles. The van der Waals surface area contributed by atoms with E-state index < -0.39 is 0 Å². The van der Waals surface area contributed by atoms with E-state index in [4.69, 9.17) is 5.73 Å². The smallest absolute Gasteiger partial charge is 0.251 e. The molecule has 1 fully saturated rings. The zero-order chi connectivity index (χ0) is 12.8. The van der Waals surface area contributed by atoms with Crippen molar-refractivity contribution in [3.63, 3.8) is 0 Å². The Kier molecular flexibility index (Phi) is 2.94. The summed E-state index contributed by atoms with van der Waals surface area (Å²) in [7, 11) is 0. The zero-order valence-corrected chi connectivity index (χ0v) is 11.9. The number of nitrogens with one attached hydrogen (secondary N) is 1. The molecule has 0 saturated heterocycles.